The molecule has 0 atom stereocenters. The van der Waals surface area contributed by atoms with Gasteiger partial charge in [-0.05, 0) is 30.2 Å². The molecule has 22 heavy (non-hydrogen) atoms. The summed E-state index contributed by atoms with van der Waals surface area (Å²) >= 11 is 0. The van der Waals surface area contributed by atoms with E-state index in [1.807, 2.05) is 0 Å². The van der Waals surface area contributed by atoms with E-state index in [1.165, 1.54) is 24.3 Å². The van der Waals surface area contributed by atoms with Gasteiger partial charge in [0, 0.05) is 24.4 Å². The number of nitrogens with one attached hydrogen (secondary N) is 2. The summed E-state index contributed by atoms with van der Waals surface area (Å²) in [5.74, 6) is -0.301. The Morgan fingerprint density at radius 2 is 2.05 bits per heavy atom. The third-order valence-electron chi connectivity index (χ3n) is 2.99. The highest BCUT2D eigenvalue weighted by Crippen LogP contribution is 2.16. The lowest BCUT2D eigenvalue weighted by Gasteiger charge is -2.08. The zero-order valence-corrected chi connectivity index (χ0v) is 11.8. The number of carbonyl (C=O) groups is 1. The summed E-state index contributed by atoms with van der Waals surface area (Å²) in [6, 6.07) is 9.70. The summed E-state index contributed by atoms with van der Waals surface area (Å²) in [5, 5.41) is 15.8. The minimum Gasteiger partial charge on any atom is -0.334 e. The van der Waals surface area contributed by atoms with Crippen LogP contribution in [0, 0.1) is 22.9 Å². The van der Waals surface area contributed by atoms with Gasteiger partial charge in [0.1, 0.15) is 5.82 Å². The maximum atomic E-state index is 13.1. The van der Waals surface area contributed by atoms with E-state index in [4.69, 9.17) is 0 Å². The monoisotopic (exact) mass is 303 g/mol. The summed E-state index contributed by atoms with van der Waals surface area (Å²) < 4.78 is 13.1. The molecule has 6 nitrogen and oxygen atoms in total. The number of urea groups is 1. The van der Waals surface area contributed by atoms with E-state index in [1.54, 1.807) is 25.1 Å². The Morgan fingerprint density at radius 3 is 2.73 bits per heavy atom. The topological polar surface area (TPSA) is 84.3 Å². The summed E-state index contributed by atoms with van der Waals surface area (Å²) in [7, 11) is 0. The number of aryl methyl sites for hydroxylation is 1. The fraction of sp³-hybridized carbons (Fsp3) is 0.133. The van der Waals surface area contributed by atoms with Crippen LogP contribution in [0.5, 0.6) is 0 Å². The predicted octanol–water partition coefficient (Wildman–Crippen LogP) is 3.36. The smallest absolute Gasteiger partial charge is 0.319 e. The second-order valence-electron chi connectivity index (χ2n) is 4.70. The fourth-order valence-electron chi connectivity index (χ4n) is 1.87. The van der Waals surface area contributed by atoms with Gasteiger partial charge in [-0.1, -0.05) is 18.2 Å². The van der Waals surface area contributed by atoms with Crippen molar-refractivity contribution in [3.63, 3.8) is 0 Å². The van der Waals surface area contributed by atoms with Crippen LogP contribution in [-0.2, 0) is 6.54 Å². The number of non-ortho nitro benzene ring substituents is 1. The number of amides is 2. The van der Waals surface area contributed by atoms with Crippen LogP contribution < -0.4 is 10.6 Å². The molecule has 0 aromatic heterocycles. The lowest BCUT2D eigenvalue weighted by Crippen LogP contribution is -2.28. The Labute approximate surface area is 126 Å². The molecule has 0 unspecified atom stereocenters. The normalized spacial score (nSPS) is 10.1. The maximum Gasteiger partial charge on any atom is 0.319 e. The number of rotatable bonds is 4. The van der Waals surface area contributed by atoms with Crippen LogP contribution in [0.25, 0.3) is 0 Å². The second-order valence-corrected chi connectivity index (χ2v) is 4.70. The van der Waals surface area contributed by atoms with Crippen molar-refractivity contribution in [1.82, 2.24) is 5.32 Å². The maximum absolute atomic E-state index is 13.1. The number of carbonyl (C=O) groups excluding carboxylic acids is 1. The molecule has 0 aliphatic rings. The van der Waals surface area contributed by atoms with Crippen LogP contribution in [0.3, 0.4) is 0 Å². The van der Waals surface area contributed by atoms with Crippen LogP contribution in [-0.4, -0.2) is 11.0 Å². The SMILES string of the molecule is Cc1cc(CNC(=O)Nc2cccc([N+](=O)[O-])c2)ccc1F. The number of nitro groups is 1. The average molecular weight is 303 g/mol. The standard InChI is InChI=1S/C15H14FN3O3/c1-10-7-11(5-6-14(10)16)9-17-15(20)18-12-3-2-4-13(8-12)19(21)22/h2-8H,9H2,1H3,(H2,17,18,20). The van der Waals surface area contributed by atoms with Gasteiger partial charge in [-0.3, -0.25) is 10.1 Å². The molecule has 0 fully saturated rings. The van der Waals surface area contributed by atoms with Crippen molar-refractivity contribution >= 4 is 17.4 Å². The first-order chi connectivity index (χ1) is 10.5. The van der Waals surface area contributed by atoms with Gasteiger partial charge in [-0.2, -0.15) is 0 Å². The molecule has 2 rings (SSSR count). The fourth-order valence-corrected chi connectivity index (χ4v) is 1.87. The number of benzene rings is 2. The summed E-state index contributed by atoms with van der Waals surface area (Å²) in [5.41, 5.74) is 1.47. The molecule has 0 aliphatic heterocycles. The van der Waals surface area contributed by atoms with Gasteiger partial charge < -0.3 is 10.6 Å². The van der Waals surface area contributed by atoms with Gasteiger partial charge in [0.2, 0.25) is 0 Å². The Balaban J connectivity index is 1.94. The van der Waals surface area contributed by atoms with Gasteiger partial charge in [-0.15, -0.1) is 0 Å². The zero-order chi connectivity index (χ0) is 16.1. The molecule has 2 amide bonds. The number of hydrogen-bond donors (Lipinski definition) is 2. The number of nitrogens with zero attached hydrogens (tertiary/aromatic N) is 1. The molecule has 0 bridgehead atoms. The minimum absolute atomic E-state index is 0.105. The Kier molecular flexibility index (Phi) is 4.67. The third kappa shape index (κ3) is 4.02. The van der Waals surface area contributed by atoms with E-state index >= 15 is 0 Å². The first-order valence-electron chi connectivity index (χ1n) is 6.50. The van der Waals surface area contributed by atoms with Crippen molar-refractivity contribution < 1.29 is 14.1 Å². The molecule has 114 valence electrons. The highest BCUT2D eigenvalue weighted by Gasteiger charge is 2.08. The molecule has 7 heteroatoms. The summed E-state index contributed by atoms with van der Waals surface area (Å²) in [4.78, 5) is 21.9. The highest BCUT2D eigenvalue weighted by atomic mass is 19.1. The largest absolute Gasteiger partial charge is 0.334 e. The van der Waals surface area contributed by atoms with Crippen molar-refractivity contribution in [3.8, 4) is 0 Å². The van der Waals surface area contributed by atoms with Crippen molar-refractivity contribution in [3.05, 3.63) is 69.5 Å². The van der Waals surface area contributed by atoms with Crippen LogP contribution in [0.2, 0.25) is 0 Å². The van der Waals surface area contributed by atoms with Gasteiger partial charge in [0.25, 0.3) is 5.69 Å². The zero-order valence-electron chi connectivity index (χ0n) is 11.8. The van der Waals surface area contributed by atoms with Crippen LogP contribution >= 0.6 is 0 Å². The summed E-state index contributed by atoms with van der Waals surface area (Å²) in [6.45, 7) is 1.86. The van der Waals surface area contributed by atoms with Crippen LogP contribution in [0.15, 0.2) is 42.5 Å². The number of nitro benzene ring substituents is 1. The molecule has 2 aromatic carbocycles. The molecule has 0 spiro atoms. The van der Waals surface area contributed by atoms with Gasteiger partial charge in [-0.25, -0.2) is 9.18 Å². The van der Waals surface area contributed by atoms with Gasteiger partial charge in [0.05, 0.1) is 4.92 Å². The van der Waals surface area contributed by atoms with E-state index in [9.17, 15) is 19.3 Å². The average Bonchev–Trinajstić information content (AvgIpc) is 2.49. The third-order valence-corrected chi connectivity index (χ3v) is 2.99. The first kappa shape index (κ1) is 15.4. The molecular weight excluding hydrogens is 289 g/mol. The first-order valence-corrected chi connectivity index (χ1v) is 6.50. The molecule has 0 aliphatic carbocycles. The van der Waals surface area contributed by atoms with Crippen molar-refractivity contribution in [2.24, 2.45) is 0 Å². The van der Waals surface area contributed by atoms with E-state index in [0.717, 1.165) is 5.56 Å². The Hall–Kier alpha value is -2.96. The van der Waals surface area contributed by atoms with Gasteiger partial charge in [0.15, 0.2) is 0 Å². The molecule has 0 saturated carbocycles. The van der Waals surface area contributed by atoms with E-state index < -0.39 is 11.0 Å². The predicted molar refractivity (Wildman–Crippen MR) is 80.1 cm³/mol. The van der Waals surface area contributed by atoms with Crippen LogP contribution in [0.4, 0.5) is 20.6 Å². The quantitative estimate of drug-likeness (QED) is 0.671. The van der Waals surface area contributed by atoms with Gasteiger partial charge >= 0.3 is 6.03 Å². The highest BCUT2D eigenvalue weighted by molar-refractivity contribution is 5.89. The molecule has 0 heterocycles. The molecule has 0 saturated heterocycles. The van der Waals surface area contributed by atoms with Crippen molar-refractivity contribution in [2.45, 2.75) is 13.5 Å². The van der Waals surface area contributed by atoms with E-state index in [2.05, 4.69) is 10.6 Å². The Morgan fingerprint density at radius 1 is 1.27 bits per heavy atom. The summed E-state index contributed by atoms with van der Waals surface area (Å²) in [6.07, 6.45) is 0. The van der Waals surface area contributed by atoms with Crippen molar-refractivity contribution in [2.75, 3.05) is 5.32 Å². The molecule has 2 N–H and O–H groups in total. The van der Waals surface area contributed by atoms with E-state index in [0.29, 0.717) is 11.3 Å². The number of halogens is 1. The van der Waals surface area contributed by atoms with E-state index in [-0.39, 0.29) is 18.0 Å². The minimum atomic E-state index is -0.537. The second kappa shape index (κ2) is 6.66. The van der Waals surface area contributed by atoms with Crippen LogP contribution in [0.1, 0.15) is 11.1 Å². The molecule has 2 aromatic rings. The number of anilines is 1. The Bertz CT molecular complexity index is 719. The molecular formula is C15H14FN3O3. The molecule has 0 radical (unpaired) electrons. The lowest BCUT2D eigenvalue weighted by molar-refractivity contribution is -0.384. The lowest BCUT2D eigenvalue weighted by atomic mass is 10.1. The van der Waals surface area contributed by atoms with Crippen molar-refractivity contribution in [1.29, 1.82) is 0 Å². The number of hydrogen-bond acceptors (Lipinski definition) is 3.